The quantitative estimate of drug-likeness (QED) is 0.869. The van der Waals surface area contributed by atoms with Gasteiger partial charge in [-0.25, -0.2) is 0 Å². The smallest absolute Gasteiger partial charge is 0.400 e. The summed E-state index contributed by atoms with van der Waals surface area (Å²) in [6.07, 6.45) is 2.06. The molecule has 2 rings (SSSR count). The maximum absolute atomic E-state index is 6.07. The van der Waals surface area contributed by atoms with Crippen LogP contribution in [-0.2, 0) is 9.31 Å². The molecule has 1 aliphatic rings. The second kappa shape index (κ2) is 6.07. The van der Waals surface area contributed by atoms with Crippen LogP contribution in [0.15, 0.2) is 29.7 Å². The monoisotopic (exact) mass is 302 g/mol. The Balaban J connectivity index is 2.22. The Morgan fingerprint density at radius 1 is 1.09 bits per heavy atom. The molecule has 5 heteroatoms. The highest BCUT2D eigenvalue weighted by molar-refractivity contribution is 6.55. The highest BCUT2D eigenvalue weighted by Crippen LogP contribution is 2.38. The zero-order chi connectivity index (χ0) is 16.5. The van der Waals surface area contributed by atoms with Gasteiger partial charge in [0.1, 0.15) is 0 Å². The number of benzene rings is 1. The van der Waals surface area contributed by atoms with Crippen LogP contribution in [0.2, 0.25) is 0 Å². The van der Waals surface area contributed by atoms with Crippen LogP contribution in [0.3, 0.4) is 0 Å². The minimum atomic E-state index is -0.386. The zero-order valence-corrected chi connectivity index (χ0v) is 14.5. The lowest BCUT2D eigenvalue weighted by Gasteiger charge is -2.32. The fraction of sp³-hybridized carbons (Fsp3) is 0.529. The topological polar surface area (TPSA) is 47.7 Å². The van der Waals surface area contributed by atoms with Crippen LogP contribution in [-0.4, -0.2) is 39.0 Å². The van der Waals surface area contributed by atoms with Crippen LogP contribution in [0.1, 0.15) is 33.3 Å². The van der Waals surface area contributed by atoms with E-state index in [1.165, 1.54) is 5.69 Å². The van der Waals surface area contributed by atoms with Gasteiger partial charge in [0.2, 0.25) is 0 Å². The molecule has 1 aliphatic heterocycles. The van der Waals surface area contributed by atoms with Gasteiger partial charge in [-0.1, -0.05) is 18.2 Å². The largest absolute Gasteiger partial charge is 0.491 e. The fourth-order valence-corrected chi connectivity index (χ4v) is 2.30. The average Bonchev–Trinajstić information content (AvgIpc) is 2.65. The zero-order valence-electron chi connectivity index (χ0n) is 14.5. The molecule has 2 N–H and O–H groups in total. The summed E-state index contributed by atoms with van der Waals surface area (Å²) < 4.78 is 12.1. The number of nitrogens with zero attached hydrogens (tertiary/aromatic N) is 1. The van der Waals surface area contributed by atoms with Gasteiger partial charge in [-0.15, -0.1) is 0 Å². The van der Waals surface area contributed by atoms with Crippen molar-refractivity contribution in [2.24, 2.45) is 5.73 Å². The SMILES string of the molecule is CN(C)c1ccc(C=C(CN)B2OC(C)(C)C(C)(C)O2)cc1. The molecule has 0 aromatic heterocycles. The summed E-state index contributed by atoms with van der Waals surface area (Å²) in [6, 6.07) is 8.33. The van der Waals surface area contributed by atoms with E-state index in [1.54, 1.807) is 0 Å². The van der Waals surface area contributed by atoms with Gasteiger partial charge >= 0.3 is 7.12 Å². The molecule has 120 valence electrons. The molecule has 1 fully saturated rings. The van der Waals surface area contributed by atoms with Crippen LogP contribution in [0.4, 0.5) is 5.69 Å². The van der Waals surface area contributed by atoms with Gasteiger partial charge in [-0.05, 0) is 50.9 Å². The molecule has 0 atom stereocenters. The van der Waals surface area contributed by atoms with Crippen LogP contribution in [0.5, 0.6) is 0 Å². The van der Waals surface area contributed by atoms with E-state index in [1.807, 2.05) is 41.8 Å². The van der Waals surface area contributed by atoms with Crippen molar-refractivity contribution in [1.29, 1.82) is 0 Å². The van der Waals surface area contributed by atoms with Gasteiger partial charge < -0.3 is 19.9 Å². The Morgan fingerprint density at radius 2 is 1.59 bits per heavy atom. The summed E-state index contributed by atoms with van der Waals surface area (Å²) in [5.74, 6) is 0. The first-order valence-electron chi connectivity index (χ1n) is 7.70. The van der Waals surface area contributed by atoms with Gasteiger partial charge in [-0.3, -0.25) is 0 Å². The molecule has 0 unspecified atom stereocenters. The summed E-state index contributed by atoms with van der Waals surface area (Å²) in [7, 11) is 3.67. The Kier molecular flexibility index (Phi) is 4.71. The van der Waals surface area contributed by atoms with Crippen molar-refractivity contribution < 1.29 is 9.31 Å². The molecule has 1 saturated heterocycles. The van der Waals surface area contributed by atoms with E-state index in [-0.39, 0.29) is 18.3 Å². The number of hydrogen-bond donors (Lipinski definition) is 1. The highest BCUT2D eigenvalue weighted by Gasteiger charge is 2.52. The van der Waals surface area contributed by atoms with Crippen molar-refractivity contribution in [3.05, 3.63) is 35.3 Å². The van der Waals surface area contributed by atoms with Gasteiger partial charge in [0, 0.05) is 26.3 Å². The van der Waals surface area contributed by atoms with Gasteiger partial charge in [-0.2, -0.15) is 0 Å². The van der Waals surface area contributed by atoms with Crippen molar-refractivity contribution in [2.45, 2.75) is 38.9 Å². The molecule has 0 radical (unpaired) electrons. The molecule has 0 aliphatic carbocycles. The summed E-state index contributed by atoms with van der Waals surface area (Å²) in [6.45, 7) is 8.60. The van der Waals surface area contributed by atoms with Crippen LogP contribution < -0.4 is 10.6 Å². The van der Waals surface area contributed by atoms with E-state index < -0.39 is 0 Å². The number of rotatable bonds is 4. The van der Waals surface area contributed by atoms with Gasteiger partial charge in [0.05, 0.1) is 11.2 Å². The second-order valence-electron chi connectivity index (χ2n) is 7.00. The lowest BCUT2D eigenvalue weighted by molar-refractivity contribution is 0.00578. The predicted octanol–water partition coefficient (Wildman–Crippen LogP) is 2.73. The Bertz CT molecular complexity index is 534. The fourth-order valence-electron chi connectivity index (χ4n) is 2.30. The normalized spacial score (nSPS) is 20.3. The lowest BCUT2D eigenvalue weighted by Crippen LogP contribution is -2.41. The highest BCUT2D eigenvalue weighted by atomic mass is 16.7. The first kappa shape index (κ1) is 17.1. The molecule has 22 heavy (non-hydrogen) atoms. The molecule has 4 nitrogen and oxygen atoms in total. The summed E-state index contributed by atoms with van der Waals surface area (Å²) in [5, 5.41) is 0. The van der Waals surface area contributed by atoms with Gasteiger partial charge in [0.25, 0.3) is 0 Å². The third-order valence-corrected chi connectivity index (χ3v) is 4.55. The molecule has 1 aromatic carbocycles. The summed E-state index contributed by atoms with van der Waals surface area (Å²) in [5.41, 5.74) is 8.45. The minimum absolute atomic E-state index is 0.347. The second-order valence-corrected chi connectivity index (χ2v) is 7.00. The Morgan fingerprint density at radius 3 is 2.00 bits per heavy atom. The first-order chi connectivity index (χ1) is 10.2. The summed E-state index contributed by atoms with van der Waals surface area (Å²) in [4.78, 5) is 2.07. The molecule has 0 bridgehead atoms. The predicted molar refractivity (Wildman–Crippen MR) is 93.9 cm³/mol. The molecule has 1 heterocycles. The molecule has 1 aromatic rings. The van der Waals surface area contributed by atoms with E-state index in [9.17, 15) is 0 Å². The van der Waals surface area contributed by atoms with Crippen molar-refractivity contribution in [1.82, 2.24) is 0 Å². The van der Waals surface area contributed by atoms with E-state index in [0.717, 1.165) is 11.0 Å². The van der Waals surface area contributed by atoms with Crippen molar-refractivity contribution in [3.63, 3.8) is 0 Å². The van der Waals surface area contributed by atoms with Crippen LogP contribution >= 0.6 is 0 Å². The molecule has 0 saturated carbocycles. The standard InChI is InChI=1S/C17H27BN2O2/c1-16(2)17(3,4)22-18(21-16)14(12-19)11-13-7-9-15(10-8-13)20(5)6/h7-11H,12,19H2,1-6H3. The number of anilines is 1. The third kappa shape index (κ3) is 3.37. The maximum Gasteiger partial charge on any atom is 0.491 e. The van der Waals surface area contributed by atoms with Gasteiger partial charge in [0.15, 0.2) is 0 Å². The summed E-state index contributed by atoms with van der Waals surface area (Å²) >= 11 is 0. The van der Waals surface area contributed by atoms with Crippen molar-refractivity contribution in [2.75, 3.05) is 25.5 Å². The number of nitrogens with two attached hydrogens (primary N) is 1. The molecule has 0 amide bonds. The lowest BCUT2D eigenvalue weighted by atomic mass is 9.77. The molecular formula is C17H27BN2O2. The van der Waals surface area contributed by atoms with E-state index in [2.05, 4.69) is 35.2 Å². The maximum atomic E-state index is 6.07. The molecular weight excluding hydrogens is 275 g/mol. The van der Waals surface area contributed by atoms with E-state index in [4.69, 9.17) is 15.0 Å². The van der Waals surface area contributed by atoms with Crippen LogP contribution in [0.25, 0.3) is 6.08 Å². The minimum Gasteiger partial charge on any atom is -0.400 e. The Labute approximate surface area is 134 Å². The number of hydrogen-bond acceptors (Lipinski definition) is 4. The Hall–Kier alpha value is -1.30. The van der Waals surface area contributed by atoms with Crippen molar-refractivity contribution in [3.8, 4) is 0 Å². The third-order valence-electron chi connectivity index (χ3n) is 4.55. The van der Waals surface area contributed by atoms with E-state index in [0.29, 0.717) is 6.54 Å². The van der Waals surface area contributed by atoms with Crippen molar-refractivity contribution >= 4 is 18.9 Å². The average molecular weight is 302 g/mol. The molecule has 0 spiro atoms. The first-order valence-corrected chi connectivity index (χ1v) is 7.70. The van der Waals surface area contributed by atoms with E-state index >= 15 is 0 Å². The van der Waals surface area contributed by atoms with Crippen LogP contribution in [0, 0.1) is 0 Å².